The fourth-order valence-electron chi connectivity index (χ4n) is 7.12. The molecule has 8 atom stereocenters. The summed E-state index contributed by atoms with van der Waals surface area (Å²) in [7, 11) is 0. The second-order valence-corrected chi connectivity index (χ2v) is 9.83. The summed E-state index contributed by atoms with van der Waals surface area (Å²) in [5, 5.41) is 22.9. The third-order valence-electron chi connectivity index (χ3n) is 8.60. The van der Waals surface area contributed by atoms with Gasteiger partial charge in [-0.3, -0.25) is 0 Å². The highest BCUT2D eigenvalue weighted by molar-refractivity contribution is 5.92. The minimum Gasteiger partial charge on any atom is -0.458 e. The Morgan fingerprint density at radius 3 is 2.56 bits per heavy atom. The van der Waals surface area contributed by atoms with Crippen molar-refractivity contribution < 1.29 is 29.2 Å². The van der Waals surface area contributed by atoms with Gasteiger partial charge in [0.1, 0.15) is 41.7 Å². The van der Waals surface area contributed by atoms with Gasteiger partial charge in [-0.05, 0) is 43.6 Å². The average molecular weight is 378 g/mol. The Balaban J connectivity index is 1.60. The third-order valence-corrected chi connectivity index (χ3v) is 8.60. The van der Waals surface area contributed by atoms with Gasteiger partial charge < -0.3 is 24.4 Å². The van der Waals surface area contributed by atoms with E-state index in [0.717, 1.165) is 24.0 Å². The molecule has 3 fully saturated rings. The Morgan fingerprint density at radius 2 is 1.93 bits per heavy atom. The highest BCUT2D eigenvalue weighted by Crippen LogP contribution is 2.74. The summed E-state index contributed by atoms with van der Waals surface area (Å²) in [4.78, 5) is 12.1. The molecule has 0 aromatic rings. The lowest BCUT2D eigenvalue weighted by molar-refractivity contribution is -0.184. The molecule has 0 radical (unpaired) electrons. The molecule has 150 valence electrons. The number of aliphatic hydroxyl groups excluding tert-OH is 1. The van der Waals surface area contributed by atoms with Crippen LogP contribution in [0.3, 0.4) is 0 Å². The lowest BCUT2D eigenvalue weighted by Gasteiger charge is -2.53. The van der Waals surface area contributed by atoms with Crippen molar-refractivity contribution in [1.82, 2.24) is 0 Å². The molecule has 3 aliphatic heterocycles. The van der Waals surface area contributed by atoms with Crippen molar-refractivity contribution in [1.29, 1.82) is 0 Å². The maximum absolute atomic E-state index is 12.1. The second-order valence-electron chi connectivity index (χ2n) is 9.83. The number of esters is 1. The maximum atomic E-state index is 12.1. The number of ether oxygens (including phenoxy) is 3. The summed E-state index contributed by atoms with van der Waals surface area (Å²) in [5.74, 6) is -0.0415. The molecule has 2 N–H and O–H groups in total. The Bertz CT molecular complexity index is 756. The van der Waals surface area contributed by atoms with Crippen molar-refractivity contribution in [3.8, 4) is 0 Å². The van der Waals surface area contributed by atoms with E-state index in [2.05, 4.69) is 13.8 Å². The van der Waals surface area contributed by atoms with Crippen LogP contribution in [-0.2, 0) is 19.0 Å². The van der Waals surface area contributed by atoms with Crippen LogP contribution in [0.5, 0.6) is 0 Å². The molecule has 0 spiro atoms. The standard InChI is InChI=1S/C21H30O6/c1-6-13-12-9-25-16(22)11(12)7-8-18(13,4)21-15(27-21)14-20(26-14,10(2)3)17(23)19(21,5)24/h10,13-15,17,23-24H,6-9H2,1-5H3/t13-,14-,15-,17-,18-,19+,20-,21+/m0/s1. The first-order chi connectivity index (χ1) is 12.6. The molecule has 0 aromatic heterocycles. The summed E-state index contributed by atoms with van der Waals surface area (Å²) in [6.07, 6.45) is 0.764. The summed E-state index contributed by atoms with van der Waals surface area (Å²) in [5.41, 5.74) is -1.57. The van der Waals surface area contributed by atoms with Crippen molar-refractivity contribution in [3.63, 3.8) is 0 Å². The number of aliphatic hydroxyl groups is 2. The Morgan fingerprint density at radius 1 is 1.22 bits per heavy atom. The van der Waals surface area contributed by atoms with Gasteiger partial charge in [0.25, 0.3) is 0 Å². The first-order valence-corrected chi connectivity index (χ1v) is 10.2. The molecule has 3 heterocycles. The third kappa shape index (κ3) is 1.72. The van der Waals surface area contributed by atoms with Gasteiger partial charge in [0.2, 0.25) is 0 Å². The van der Waals surface area contributed by atoms with Gasteiger partial charge in [-0.1, -0.05) is 27.7 Å². The number of carbonyl (C=O) groups excluding carboxylic acids is 1. The summed E-state index contributed by atoms with van der Waals surface area (Å²) in [6.45, 7) is 10.3. The van der Waals surface area contributed by atoms with Gasteiger partial charge >= 0.3 is 5.97 Å². The normalized spacial score (nSPS) is 55.8. The van der Waals surface area contributed by atoms with E-state index in [4.69, 9.17) is 14.2 Å². The van der Waals surface area contributed by atoms with Crippen LogP contribution >= 0.6 is 0 Å². The monoisotopic (exact) mass is 378 g/mol. The van der Waals surface area contributed by atoms with Crippen molar-refractivity contribution in [2.45, 2.75) is 89.0 Å². The fourth-order valence-corrected chi connectivity index (χ4v) is 7.12. The number of hydrogen-bond donors (Lipinski definition) is 2. The number of rotatable bonds is 3. The van der Waals surface area contributed by atoms with E-state index in [9.17, 15) is 15.0 Å². The molecule has 0 bridgehead atoms. The zero-order valence-electron chi connectivity index (χ0n) is 16.7. The van der Waals surface area contributed by atoms with Gasteiger partial charge in [0.15, 0.2) is 0 Å². The predicted octanol–water partition coefficient (Wildman–Crippen LogP) is 1.72. The van der Waals surface area contributed by atoms with Crippen molar-refractivity contribution in [2.75, 3.05) is 6.61 Å². The largest absolute Gasteiger partial charge is 0.458 e. The average Bonchev–Trinajstić information content (AvgIpc) is 3.48. The van der Waals surface area contributed by atoms with Gasteiger partial charge in [0.05, 0.1) is 0 Å². The zero-order valence-corrected chi connectivity index (χ0v) is 16.7. The molecular formula is C21H30O6. The summed E-state index contributed by atoms with van der Waals surface area (Å²) in [6, 6.07) is 0. The van der Waals surface area contributed by atoms with Gasteiger partial charge in [-0.25, -0.2) is 4.79 Å². The van der Waals surface area contributed by atoms with E-state index < -0.39 is 28.3 Å². The molecule has 1 saturated carbocycles. The maximum Gasteiger partial charge on any atom is 0.334 e. The molecule has 0 unspecified atom stereocenters. The lowest BCUT2D eigenvalue weighted by Crippen LogP contribution is -2.70. The van der Waals surface area contributed by atoms with E-state index in [-0.39, 0.29) is 30.0 Å². The van der Waals surface area contributed by atoms with Crippen molar-refractivity contribution >= 4 is 5.97 Å². The fraction of sp³-hybridized carbons (Fsp3) is 0.857. The topological polar surface area (TPSA) is 91.8 Å². The van der Waals surface area contributed by atoms with Crippen molar-refractivity contribution in [2.24, 2.45) is 17.3 Å². The van der Waals surface area contributed by atoms with Crippen LogP contribution in [-0.4, -0.2) is 57.9 Å². The van der Waals surface area contributed by atoms with Crippen LogP contribution in [0.2, 0.25) is 0 Å². The smallest absolute Gasteiger partial charge is 0.334 e. The molecule has 27 heavy (non-hydrogen) atoms. The Hall–Kier alpha value is -0.950. The highest BCUT2D eigenvalue weighted by Gasteiger charge is 2.91. The second kappa shape index (κ2) is 4.96. The molecule has 2 aliphatic carbocycles. The quantitative estimate of drug-likeness (QED) is 0.574. The van der Waals surface area contributed by atoms with Crippen LogP contribution < -0.4 is 0 Å². The first kappa shape index (κ1) is 18.1. The van der Waals surface area contributed by atoms with Gasteiger partial charge in [-0.2, -0.15) is 0 Å². The van der Waals surface area contributed by atoms with E-state index in [1.54, 1.807) is 6.92 Å². The van der Waals surface area contributed by atoms with Crippen molar-refractivity contribution in [3.05, 3.63) is 11.1 Å². The molecule has 0 aromatic carbocycles. The van der Waals surface area contributed by atoms with Crippen LogP contribution in [0.25, 0.3) is 0 Å². The Kier molecular flexibility index (Phi) is 3.33. The highest BCUT2D eigenvalue weighted by atomic mass is 16.7. The number of cyclic esters (lactones) is 1. The van der Waals surface area contributed by atoms with Gasteiger partial charge in [-0.15, -0.1) is 0 Å². The molecule has 5 rings (SSSR count). The molecule has 5 aliphatic rings. The lowest BCUT2D eigenvalue weighted by atomic mass is 9.50. The number of fused-ring (bicyclic) bond motifs is 3. The predicted molar refractivity (Wildman–Crippen MR) is 95.8 cm³/mol. The number of carbonyl (C=O) groups is 1. The molecular weight excluding hydrogens is 348 g/mol. The van der Waals surface area contributed by atoms with Gasteiger partial charge in [0, 0.05) is 11.0 Å². The molecule has 2 saturated heterocycles. The van der Waals surface area contributed by atoms with E-state index in [1.165, 1.54) is 0 Å². The van der Waals surface area contributed by atoms with Crippen LogP contribution in [0.15, 0.2) is 11.1 Å². The first-order valence-electron chi connectivity index (χ1n) is 10.2. The zero-order chi connectivity index (χ0) is 19.6. The van der Waals surface area contributed by atoms with Crippen LogP contribution in [0.4, 0.5) is 0 Å². The van der Waals surface area contributed by atoms with Crippen LogP contribution in [0.1, 0.15) is 53.9 Å². The molecule has 6 heteroatoms. The number of hydrogen-bond acceptors (Lipinski definition) is 6. The van der Waals surface area contributed by atoms with E-state index >= 15 is 0 Å². The summed E-state index contributed by atoms with van der Waals surface area (Å²) < 4.78 is 17.7. The Labute approximate surface area is 159 Å². The molecule has 0 amide bonds. The molecule has 6 nitrogen and oxygen atoms in total. The van der Waals surface area contributed by atoms with E-state index in [0.29, 0.717) is 13.0 Å². The minimum absolute atomic E-state index is 0.0710. The minimum atomic E-state index is -1.43. The SMILES string of the molecule is CC[C@H]1C2=C(CC[C@]1(C)[C@]13O[C@H]1[C@@H]1O[C@]1(C(C)C)[C@@H](O)[C@@]3(C)O)C(=O)OC2. The van der Waals surface area contributed by atoms with Crippen LogP contribution in [0, 0.1) is 17.3 Å². The van der Waals surface area contributed by atoms with E-state index in [1.807, 2.05) is 13.8 Å². The number of epoxide rings is 2. The summed E-state index contributed by atoms with van der Waals surface area (Å²) >= 11 is 0.